The normalized spacial score (nSPS) is 12.4. The lowest BCUT2D eigenvalue weighted by Crippen LogP contribution is -2.20. The molecule has 1 aromatic rings. The Kier molecular flexibility index (Phi) is 5.26. The summed E-state index contributed by atoms with van der Waals surface area (Å²) in [5, 5.41) is 7.60. The van der Waals surface area contributed by atoms with Gasteiger partial charge >= 0.3 is 0 Å². The highest BCUT2D eigenvalue weighted by atomic mass is 15.2. The van der Waals surface area contributed by atoms with Crippen molar-refractivity contribution in [2.75, 3.05) is 13.1 Å². The first-order valence-corrected chi connectivity index (χ1v) is 5.96. The summed E-state index contributed by atoms with van der Waals surface area (Å²) < 4.78 is 1.84. The Labute approximate surface area is 98.5 Å². The minimum atomic E-state index is 0.725. The van der Waals surface area contributed by atoms with Crippen LogP contribution in [-0.4, -0.2) is 22.9 Å². The number of nitrogens with one attached hydrogen (secondary N) is 1. The van der Waals surface area contributed by atoms with Crippen molar-refractivity contribution in [2.45, 2.75) is 27.2 Å². The van der Waals surface area contributed by atoms with Crippen molar-refractivity contribution < 1.29 is 0 Å². The van der Waals surface area contributed by atoms with Gasteiger partial charge in [0.1, 0.15) is 0 Å². The number of aromatic nitrogens is 2. The first-order chi connectivity index (χ1) is 7.59. The molecule has 3 heteroatoms. The van der Waals surface area contributed by atoms with E-state index in [-0.39, 0.29) is 0 Å². The van der Waals surface area contributed by atoms with Crippen LogP contribution < -0.4 is 5.32 Å². The van der Waals surface area contributed by atoms with Crippen LogP contribution in [0.15, 0.2) is 18.5 Å². The second kappa shape index (κ2) is 6.48. The molecule has 1 rings (SSSR count). The third-order valence-electron chi connectivity index (χ3n) is 2.48. The maximum Gasteiger partial charge on any atom is 0.0564 e. The molecule has 3 nitrogen and oxygen atoms in total. The molecule has 0 fully saturated rings. The van der Waals surface area contributed by atoms with Gasteiger partial charge in [0.25, 0.3) is 0 Å². The van der Waals surface area contributed by atoms with Crippen molar-refractivity contribution in [1.29, 1.82) is 0 Å². The average molecular weight is 221 g/mol. The van der Waals surface area contributed by atoms with E-state index < -0.39 is 0 Å². The zero-order chi connectivity index (χ0) is 12.0. The maximum atomic E-state index is 4.17. The lowest BCUT2D eigenvalue weighted by atomic mass is 10.1. The Hall–Kier alpha value is -1.09. The van der Waals surface area contributed by atoms with E-state index in [0.717, 1.165) is 25.4 Å². The van der Waals surface area contributed by atoms with Crippen molar-refractivity contribution in [3.05, 3.63) is 24.0 Å². The Balaban J connectivity index is 2.29. The van der Waals surface area contributed by atoms with Crippen LogP contribution in [0.5, 0.6) is 0 Å². The standard InChI is InChI=1S/C13H23N3/c1-11(2)8-14-7-5-6-12(3)13-9-15-16(4)10-13/h6,9-11,14H,5,7-8H2,1-4H3. The van der Waals surface area contributed by atoms with Crippen LogP contribution in [0, 0.1) is 5.92 Å². The fourth-order valence-electron chi connectivity index (χ4n) is 1.52. The lowest BCUT2D eigenvalue weighted by Gasteiger charge is -2.05. The number of allylic oxidation sites excluding steroid dienone is 1. The lowest BCUT2D eigenvalue weighted by molar-refractivity contribution is 0.557. The number of aryl methyl sites for hydroxylation is 1. The fraction of sp³-hybridized carbons (Fsp3) is 0.615. The van der Waals surface area contributed by atoms with Gasteiger partial charge in [0, 0.05) is 18.8 Å². The molecule has 0 aliphatic carbocycles. The second-order valence-electron chi connectivity index (χ2n) is 4.68. The molecule has 0 amide bonds. The molecule has 16 heavy (non-hydrogen) atoms. The maximum absolute atomic E-state index is 4.17. The summed E-state index contributed by atoms with van der Waals surface area (Å²) >= 11 is 0. The molecule has 0 radical (unpaired) electrons. The molecule has 0 saturated carbocycles. The van der Waals surface area contributed by atoms with Gasteiger partial charge in [-0.2, -0.15) is 5.10 Å². The van der Waals surface area contributed by atoms with Gasteiger partial charge in [-0.15, -0.1) is 0 Å². The van der Waals surface area contributed by atoms with Crippen molar-refractivity contribution in [1.82, 2.24) is 15.1 Å². The third kappa shape index (κ3) is 4.62. The van der Waals surface area contributed by atoms with Crippen LogP contribution >= 0.6 is 0 Å². The topological polar surface area (TPSA) is 29.9 Å². The predicted molar refractivity (Wildman–Crippen MR) is 69.2 cm³/mol. The minimum absolute atomic E-state index is 0.725. The van der Waals surface area contributed by atoms with Gasteiger partial charge in [0.05, 0.1) is 6.20 Å². The van der Waals surface area contributed by atoms with E-state index in [1.165, 1.54) is 11.1 Å². The highest BCUT2D eigenvalue weighted by Gasteiger charge is 1.97. The summed E-state index contributed by atoms with van der Waals surface area (Å²) in [7, 11) is 1.95. The van der Waals surface area contributed by atoms with Crippen molar-refractivity contribution in [3.8, 4) is 0 Å². The van der Waals surface area contributed by atoms with Gasteiger partial charge in [0.2, 0.25) is 0 Å². The monoisotopic (exact) mass is 221 g/mol. The summed E-state index contributed by atoms with van der Waals surface area (Å²) in [5.41, 5.74) is 2.52. The smallest absolute Gasteiger partial charge is 0.0564 e. The predicted octanol–water partition coefficient (Wildman–Crippen LogP) is 2.46. The molecular weight excluding hydrogens is 198 g/mol. The molecule has 0 saturated heterocycles. The molecule has 1 heterocycles. The Morgan fingerprint density at radius 3 is 2.88 bits per heavy atom. The van der Waals surface area contributed by atoms with E-state index in [1.54, 1.807) is 0 Å². The summed E-state index contributed by atoms with van der Waals surface area (Å²) in [4.78, 5) is 0. The van der Waals surface area contributed by atoms with Crippen LogP contribution in [0.2, 0.25) is 0 Å². The Morgan fingerprint density at radius 2 is 2.31 bits per heavy atom. The average Bonchev–Trinajstić information content (AvgIpc) is 2.63. The van der Waals surface area contributed by atoms with Crippen LogP contribution in [0.25, 0.3) is 5.57 Å². The van der Waals surface area contributed by atoms with Crippen molar-refractivity contribution >= 4 is 5.57 Å². The fourth-order valence-corrected chi connectivity index (χ4v) is 1.52. The van der Waals surface area contributed by atoms with E-state index in [2.05, 4.69) is 37.3 Å². The molecule has 0 unspecified atom stereocenters. The summed E-state index contributed by atoms with van der Waals surface area (Å²) in [6.07, 6.45) is 7.30. The van der Waals surface area contributed by atoms with Gasteiger partial charge in [-0.05, 0) is 37.9 Å². The molecule has 0 spiro atoms. The third-order valence-corrected chi connectivity index (χ3v) is 2.48. The number of nitrogens with zero attached hydrogens (tertiary/aromatic N) is 2. The van der Waals surface area contributed by atoms with Gasteiger partial charge < -0.3 is 5.32 Å². The van der Waals surface area contributed by atoms with E-state index >= 15 is 0 Å². The van der Waals surface area contributed by atoms with Gasteiger partial charge in [-0.3, -0.25) is 4.68 Å². The Morgan fingerprint density at radius 1 is 1.56 bits per heavy atom. The number of hydrogen-bond acceptors (Lipinski definition) is 2. The molecule has 1 aromatic heterocycles. The van der Waals surface area contributed by atoms with Crippen LogP contribution in [0.3, 0.4) is 0 Å². The quantitative estimate of drug-likeness (QED) is 0.748. The highest BCUT2D eigenvalue weighted by Crippen LogP contribution is 2.12. The Bertz CT molecular complexity index is 337. The van der Waals surface area contributed by atoms with E-state index in [9.17, 15) is 0 Å². The minimum Gasteiger partial charge on any atom is -0.316 e. The van der Waals surface area contributed by atoms with Crippen LogP contribution in [0.4, 0.5) is 0 Å². The summed E-state index contributed by atoms with van der Waals surface area (Å²) in [5.74, 6) is 0.725. The summed E-state index contributed by atoms with van der Waals surface area (Å²) in [6, 6.07) is 0. The highest BCUT2D eigenvalue weighted by molar-refractivity contribution is 5.62. The molecule has 0 aromatic carbocycles. The number of rotatable bonds is 6. The van der Waals surface area contributed by atoms with E-state index in [1.807, 2.05) is 24.1 Å². The largest absolute Gasteiger partial charge is 0.316 e. The first kappa shape index (κ1) is 13.0. The molecule has 0 aliphatic heterocycles. The molecule has 0 bridgehead atoms. The molecular formula is C13H23N3. The molecule has 0 aliphatic rings. The zero-order valence-corrected chi connectivity index (χ0v) is 10.8. The van der Waals surface area contributed by atoms with Gasteiger partial charge in [-0.25, -0.2) is 0 Å². The zero-order valence-electron chi connectivity index (χ0n) is 10.8. The number of hydrogen-bond donors (Lipinski definition) is 1. The molecule has 90 valence electrons. The molecule has 0 atom stereocenters. The van der Waals surface area contributed by atoms with Crippen LogP contribution in [-0.2, 0) is 7.05 Å². The van der Waals surface area contributed by atoms with Crippen molar-refractivity contribution in [2.24, 2.45) is 13.0 Å². The van der Waals surface area contributed by atoms with Crippen molar-refractivity contribution in [3.63, 3.8) is 0 Å². The van der Waals surface area contributed by atoms with Gasteiger partial charge in [-0.1, -0.05) is 19.9 Å². The molecule has 1 N–H and O–H groups in total. The SMILES string of the molecule is CC(=CCCNCC(C)C)c1cnn(C)c1. The van der Waals surface area contributed by atoms with E-state index in [4.69, 9.17) is 0 Å². The second-order valence-corrected chi connectivity index (χ2v) is 4.68. The van der Waals surface area contributed by atoms with Crippen LogP contribution in [0.1, 0.15) is 32.8 Å². The van der Waals surface area contributed by atoms with E-state index in [0.29, 0.717) is 0 Å². The summed E-state index contributed by atoms with van der Waals surface area (Å²) in [6.45, 7) is 8.74. The van der Waals surface area contributed by atoms with Gasteiger partial charge in [0.15, 0.2) is 0 Å². The first-order valence-electron chi connectivity index (χ1n) is 5.96.